The summed E-state index contributed by atoms with van der Waals surface area (Å²) in [6.45, 7) is 6.03. The molecule has 3 aromatic heterocycles. The third-order valence-corrected chi connectivity index (χ3v) is 9.45. The fourth-order valence-corrected chi connectivity index (χ4v) is 6.22. The molecule has 0 bridgehead atoms. The van der Waals surface area contributed by atoms with E-state index in [0.29, 0.717) is 23.1 Å². The summed E-state index contributed by atoms with van der Waals surface area (Å²) in [5.41, 5.74) is 5.59. The first-order chi connectivity index (χ1) is 20.5. The van der Waals surface area contributed by atoms with Crippen molar-refractivity contribution in [3.05, 3.63) is 94.1 Å². The van der Waals surface area contributed by atoms with Gasteiger partial charge in [-0.15, -0.1) is 0 Å². The summed E-state index contributed by atoms with van der Waals surface area (Å²) in [5, 5.41) is 9.58. The zero-order valence-electron chi connectivity index (χ0n) is 23.3. The minimum atomic E-state index is -0.259. The lowest BCUT2D eigenvalue weighted by Gasteiger charge is -2.35. The summed E-state index contributed by atoms with van der Waals surface area (Å²) < 4.78 is 12.0. The Balaban J connectivity index is 1.00. The first-order valence-corrected chi connectivity index (χ1v) is 15.5. The van der Waals surface area contributed by atoms with Crippen molar-refractivity contribution in [2.45, 2.75) is 25.5 Å². The lowest BCUT2D eigenvalue weighted by Crippen LogP contribution is -2.44. The highest BCUT2D eigenvalue weighted by molar-refractivity contribution is 7.96. The highest BCUT2D eigenvalue weighted by Gasteiger charge is 2.39. The average Bonchev–Trinajstić information content (AvgIpc) is 3.74. The number of benzene rings is 2. The third-order valence-electron chi connectivity index (χ3n) is 8.02. The van der Waals surface area contributed by atoms with Crippen molar-refractivity contribution in [2.24, 2.45) is 5.41 Å². The van der Waals surface area contributed by atoms with E-state index in [9.17, 15) is 4.79 Å². The van der Waals surface area contributed by atoms with Crippen molar-refractivity contribution in [1.29, 1.82) is 0 Å². The molecule has 0 unspecified atom stereocenters. The van der Waals surface area contributed by atoms with E-state index < -0.39 is 0 Å². The molecular formula is C31H31ClN7O2S-. The van der Waals surface area contributed by atoms with Crippen molar-refractivity contribution < 1.29 is 4.74 Å². The predicted octanol–water partition coefficient (Wildman–Crippen LogP) is 5.33. The van der Waals surface area contributed by atoms with Crippen LogP contribution in [-0.2, 0) is 5.75 Å². The number of anilines is 1. The summed E-state index contributed by atoms with van der Waals surface area (Å²) in [5.74, 6) is 1.26. The van der Waals surface area contributed by atoms with E-state index in [4.69, 9.17) is 16.3 Å². The molecule has 1 aliphatic carbocycles. The lowest BCUT2D eigenvalue weighted by molar-refractivity contribution is 0.243. The van der Waals surface area contributed by atoms with Crippen molar-refractivity contribution >= 4 is 40.3 Å². The molecule has 0 atom stereocenters. The molecule has 0 radical (unpaired) electrons. The Morgan fingerprint density at radius 2 is 1.83 bits per heavy atom. The van der Waals surface area contributed by atoms with Crippen molar-refractivity contribution in [2.75, 3.05) is 37.7 Å². The van der Waals surface area contributed by atoms with Crippen LogP contribution in [0, 0.1) is 5.41 Å². The van der Waals surface area contributed by atoms with Crippen molar-refractivity contribution in [1.82, 2.24) is 28.9 Å². The number of ether oxygens (including phenoxy) is 1. The number of pyridine rings is 1. The second kappa shape index (κ2) is 11.2. The van der Waals surface area contributed by atoms with E-state index in [1.807, 2.05) is 34.8 Å². The van der Waals surface area contributed by atoms with E-state index in [1.165, 1.54) is 10.2 Å². The summed E-state index contributed by atoms with van der Waals surface area (Å²) in [6.07, 6.45) is 7.57. The van der Waals surface area contributed by atoms with Gasteiger partial charge in [-0.1, -0.05) is 54.2 Å². The maximum atomic E-state index is 13.6. The lowest BCUT2D eigenvalue weighted by atomic mass is 10.2. The molecule has 1 aliphatic heterocycles. The number of rotatable bonds is 9. The molecule has 9 nitrogen and oxygen atoms in total. The van der Waals surface area contributed by atoms with Gasteiger partial charge in [-0.3, -0.25) is 9.78 Å². The molecule has 0 amide bonds. The van der Waals surface area contributed by atoms with Gasteiger partial charge >= 0.3 is 5.56 Å². The van der Waals surface area contributed by atoms with E-state index in [-0.39, 0.29) is 11.0 Å². The molecule has 216 valence electrons. The van der Waals surface area contributed by atoms with Crippen LogP contribution in [0.2, 0.25) is 5.02 Å². The summed E-state index contributed by atoms with van der Waals surface area (Å²) in [6, 6.07) is 17.7. The van der Waals surface area contributed by atoms with Gasteiger partial charge in [0.25, 0.3) is 0 Å². The van der Waals surface area contributed by atoms with Gasteiger partial charge in [-0.25, -0.2) is 4.31 Å². The van der Waals surface area contributed by atoms with Crippen LogP contribution in [0.4, 0.5) is 5.69 Å². The largest absolute Gasteiger partial charge is 0.587 e. The van der Waals surface area contributed by atoms with Crippen LogP contribution in [0.5, 0.6) is 5.75 Å². The maximum absolute atomic E-state index is 13.6. The average molecular weight is 601 g/mol. The summed E-state index contributed by atoms with van der Waals surface area (Å²) in [4.78, 5) is 20.0. The number of aromatic nitrogens is 5. The van der Waals surface area contributed by atoms with E-state index in [1.54, 1.807) is 30.7 Å². The Morgan fingerprint density at radius 3 is 2.57 bits per heavy atom. The topological polar surface area (TPSA) is 82.5 Å². The second-order valence-electron chi connectivity index (χ2n) is 11.3. The van der Waals surface area contributed by atoms with Crippen LogP contribution in [-0.4, -0.2) is 56.5 Å². The quantitative estimate of drug-likeness (QED) is 0.210. The molecule has 2 aliphatic rings. The van der Waals surface area contributed by atoms with E-state index in [2.05, 4.69) is 55.6 Å². The molecule has 11 heteroatoms. The van der Waals surface area contributed by atoms with E-state index >= 15 is 0 Å². The Labute approximate surface area is 253 Å². The molecule has 1 saturated heterocycles. The Morgan fingerprint density at radius 1 is 1.02 bits per heavy atom. The summed E-state index contributed by atoms with van der Waals surface area (Å²) >= 11 is 8.03. The zero-order chi connectivity index (χ0) is 28.7. The molecule has 7 rings (SSSR count). The molecule has 42 heavy (non-hydrogen) atoms. The van der Waals surface area contributed by atoms with Gasteiger partial charge in [-0.05, 0) is 54.8 Å². The molecule has 1 saturated carbocycles. The van der Waals surface area contributed by atoms with Crippen LogP contribution in [0.3, 0.4) is 0 Å². The van der Waals surface area contributed by atoms with Crippen LogP contribution < -0.4 is 20.3 Å². The molecule has 0 spiro atoms. The van der Waals surface area contributed by atoms with Crippen molar-refractivity contribution in [3.8, 4) is 17.1 Å². The fraction of sp³-hybridized carbons (Fsp3) is 0.323. The standard InChI is InChI=1S/C31H31ClN7O2S/c1-31(10-11-31)21-41-29-28(19-34-39(30(29)40)25-4-2-3-23(32)17-25)36-13-15-37(16-14-36)42-20-22-5-7-24(8-6-22)38-27-9-12-33-18-26(27)35-38/h2-9,12,17-19H,10-11,13-16,20-21H2,1H3/q-1. The number of hydrogen-bond acceptors (Lipinski definition) is 7. The first-order valence-electron chi connectivity index (χ1n) is 14.1. The first kappa shape index (κ1) is 27.1. The van der Waals surface area contributed by atoms with Gasteiger partial charge in [0.15, 0.2) is 0 Å². The predicted molar refractivity (Wildman–Crippen MR) is 167 cm³/mol. The minimum absolute atomic E-state index is 0.146. The number of hydrogen-bond donors (Lipinski definition) is 0. The van der Waals surface area contributed by atoms with Crippen molar-refractivity contribution in [3.63, 3.8) is 0 Å². The van der Waals surface area contributed by atoms with Crippen LogP contribution in [0.15, 0.2) is 78.0 Å². The molecule has 2 fully saturated rings. The third kappa shape index (κ3) is 5.54. The second-order valence-corrected chi connectivity index (χ2v) is 12.8. The smallest absolute Gasteiger partial charge is 0.316 e. The van der Waals surface area contributed by atoms with E-state index in [0.717, 1.165) is 67.2 Å². The normalized spacial score (nSPS) is 16.7. The molecular weight excluding hydrogens is 570 g/mol. The number of halogens is 1. The molecule has 0 N–H and O–H groups in total. The Hall–Kier alpha value is -3.73. The van der Waals surface area contributed by atoms with Gasteiger partial charge in [-0.2, -0.15) is 9.78 Å². The maximum Gasteiger partial charge on any atom is 0.316 e. The number of piperazine rings is 1. The molecule has 5 aromatic rings. The van der Waals surface area contributed by atoms with Gasteiger partial charge in [0.1, 0.15) is 5.69 Å². The number of nitrogens with zero attached hydrogens (tertiary/aromatic N) is 7. The Bertz CT molecular complexity index is 1770. The highest BCUT2D eigenvalue weighted by atomic mass is 35.5. The monoisotopic (exact) mass is 600 g/mol. The number of fused-ring (bicyclic) bond motifs is 1. The summed E-state index contributed by atoms with van der Waals surface area (Å²) in [7, 11) is 0. The van der Waals surface area contributed by atoms with Gasteiger partial charge in [0.2, 0.25) is 5.75 Å². The molecule has 2 aromatic carbocycles. The van der Waals surface area contributed by atoms with Crippen LogP contribution in [0.1, 0.15) is 25.3 Å². The SMILES string of the molecule is CC1(COc2c(N3CCN(SCc4ccc(-n5[n-]c6cnccc65)cc4)CC3)cnn(-c3cccc(Cl)c3)c2=O)CC1. The zero-order valence-corrected chi connectivity index (χ0v) is 24.9. The molecule has 4 heterocycles. The minimum Gasteiger partial charge on any atom is -0.587 e. The highest BCUT2D eigenvalue weighted by Crippen LogP contribution is 2.45. The fourth-order valence-electron chi connectivity index (χ4n) is 5.09. The Kier molecular flexibility index (Phi) is 7.21. The van der Waals surface area contributed by atoms with Crippen LogP contribution in [0.25, 0.3) is 22.4 Å². The van der Waals surface area contributed by atoms with Gasteiger partial charge < -0.3 is 19.4 Å². The van der Waals surface area contributed by atoms with Gasteiger partial charge in [0.05, 0.1) is 18.5 Å². The van der Waals surface area contributed by atoms with Crippen LogP contribution >= 0.6 is 23.5 Å². The van der Waals surface area contributed by atoms with Gasteiger partial charge in [0, 0.05) is 66.0 Å².